The molecule has 0 saturated carbocycles. The summed E-state index contributed by atoms with van der Waals surface area (Å²) in [5.41, 5.74) is 0.740. The van der Waals surface area contributed by atoms with Gasteiger partial charge in [-0.05, 0) is 30.7 Å². The van der Waals surface area contributed by atoms with E-state index in [1.165, 1.54) is 23.1 Å². The second-order valence-corrected chi connectivity index (χ2v) is 6.31. The Kier molecular flexibility index (Phi) is 3.81. The number of carbonyl (C=O) groups excluding carboxylic acids is 1. The summed E-state index contributed by atoms with van der Waals surface area (Å²) in [5, 5.41) is 0.773. The van der Waals surface area contributed by atoms with Crippen molar-refractivity contribution >= 4 is 28.5 Å². The van der Waals surface area contributed by atoms with Crippen molar-refractivity contribution in [2.45, 2.75) is 13.0 Å². The van der Waals surface area contributed by atoms with Crippen LogP contribution < -0.4 is 5.43 Å². The van der Waals surface area contributed by atoms with Crippen molar-refractivity contribution in [3.05, 3.63) is 80.4 Å². The fourth-order valence-corrected chi connectivity index (χ4v) is 3.34. The van der Waals surface area contributed by atoms with Crippen LogP contribution >= 0.6 is 11.6 Å². The summed E-state index contributed by atoms with van der Waals surface area (Å²) in [6.45, 7) is 0.440. The first-order valence-electron chi connectivity index (χ1n) is 7.83. The van der Waals surface area contributed by atoms with Crippen molar-refractivity contribution in [1.29, 1.82) is 0 Å². The van der Waals surface area contributed by atoms with E-state index in [9.17, 15) is 14.0 Å². The van der Waals surface area contributed by atoms with Gasteiger partial charge in [-0.1, -0.05) is 29.8 Å². The Hall–Kier alpha value is -2.66. The lowest BCUT2D eigenvalue weighted by atomic mass is 10.0. The molecule has 0 aliphatic carbocycles. The SMILES string of the molecule is O=C(c1ccccc1F)N1CCc2c(oc3c(Cl)cccc3c2=O)C1. The molecule has 4 rings (SSSR count). The van der Waals surface area contributed by atoms with E-state index in [0.29, 0.717) is 40.3 Å². The average molecular weight is 358 g/mol. The fourth-order valence-electron chi connectivity index (χ4n) is 3.12. The van der Waals surface area contributed by atoms with Crippen molar-refractivity contribution in [2.75, 3.05) is 6.54 Å². The quantitative estimate of drug-likeness (QED) is 0.666. The lowest BCUT2D eigenvalue weighted by Crippen LogP contribution is -2.38. The van der Waals surface area contributed by atoms with Gasteiger partial charge in [-0.25, -0.2) is 4.39 Å². The van der Waals surface area contributed by atoms with Crippen LogP contribution in [0.5, 0.6) is 0 Å². The van der Waals surface area contributed by atoms with Gasteiger partial charge >= 0.3 is 0 Å². The number of nitrogens with zero attached hydrogens (tertiary/aromatic N) is 1. The maximum Gasteiger partial charge on any atom is 0.257 e. The van der Waals surface area contributed by atoms with Crippen LogP contribution in [0.1, 0.15) is 21.7 Å². The summed E-state index contributed by atoms with van der Waals surface area (Å²) in [7, 11) is 0. The van der Waals surface area contributed by atoms with E-state index in [1.807, 2.05) is 0 Å². The summed E-state index contributed by atoms with van der Waals surface area (Å²) in [6, 6.07) is 10.9. The van der Waals surface area contributed by atoms with Crippen molar-refractivity contribution in [3.8, 4) is 0 Å². The molecule has 126 valence electrons. The molecule has 0 unspecified atom stereocenters. The number of fused-ring (bicyclic) bond motifs is 2. The van der Waals surface area contributed by atoms with Crippen molar-refractivity contribution in [2.24, 2.45) is 0 Å². The fraction of sp³-hybridized carbons (Fsp3) is 0.158. The topological polar surface area (TPSA) is 50.5 Å². The molecule has 0 radical (unpaired) electrons. The Balaban J connectivity index is 1.75. The van der Waals surface area contributed by atoms with Crippen LogP contribution in [0.2, 0.25) is 5.02 Å². The third kappa shape index (κ3) is 2.61. The van der Waals surface area contributed by atoms with Gasteiger partial charge in [0.1, 0.15) is 11.6 Å². The minimum atomic E-state index is -0.568. The Bertz CT molecular complexity index is 1060. The Labute approximate surface area is 147 Å². The number of carbonyl (C=O) groups is 1. The zero-order valence-electron chi connectivity index (χ0n) is 13.1. The molecule has 3 aromatic rings. The minimum Gasteiger partial charge on any atom is -0.457 e. The standard InChI is InChI=1S/C19H13ClFNO3/c20-14-6-3-5-13-17(23)12-8-9-22(10-16(12)25-18(13)14)19(24)11-4-1-2-7-15(11)21/h1-7H,8-10H2. The molecule has 0 atom stereocenters. The molecule has 0 saturated heterocycles. The van der Waals surface area contributed by atoms with Crippen LogP contribution in [0.3, 0.4) is 0 Å². The number of hydrogen-bond donors (Lipinski definition) is 0. The van der Waals surface area contributed by atoms with Crippen LogP contribution in [0.4, 0.5) is 4.39 Å². The number of hydrogen-bond acceptors (Lipinski definition) is 3. The summed E-state index contributed by atoms with van der Waals surface area (Å²) in [6.07, 6.45) is 0.361. The van der Waals surface area contributed by atoms with Crippen LogP contribution in [0.25, 0.3) is 11.0 Å². The maximum absolute atomic E-state index is 13.9. The summed E-state index contributed by atoms with van der Waals surface area (Å²) in [5.74, 6) is -0.589. The molecule has 0 spiro atoms. The highest BCUT2D eigenvalue weighted by atomic mass is 35.5. The number of halogens is 2. The predicted octanol–water partition coefficient (Wildman–Crippen LogP) is 3.78. The number of benzene rings is 2. The number of amides is 1. The second-order valence-electron chi connectivity index (χ2n) is 5.91. The van der Waals surface area contributed by atoms with E-state index in [-0.39, 0.29) is 17.5 Å². The van der Waals surface area contributed by atoms with E-state index >= 15 is 0 Å². The van der Waals surface area contributed by atoms with Crippen LogP contribution in [0, 0.1) is 5.82 Å². The van der Waals surface area contributed by atoms with Gasteiger partial charge in [0.25, 0.3) is 5.91 Å². The van der Waals surface area contributed by atoms with Crippen molar-refractivity contribution in [3.63, 3.8) is 0 Å². The third-order valence-electron chi connectivity index (χ3n) is 4.41. The molecular formula is C19H13ClFNO3. The zero-order chi connectivity index (χ0) is 17.6. The summed E-state index contributed by atoms with van der Waals surface area (Å²) >= 11 is 6.12. The Morgan fingerprint density at radius 1 is 1.16 bits per heavy atom. The lowest BCUT2D eigenvalue weighted by Gasteiger charge is -2.27. The van der Waals surface area contributed by atoms with Crippen LogP contribution in [0.15, 0.2) is 51.7 Å². The first kappa shape index (κ1) is 15.8. The van der Waals surface area contributed by atoms with Gasteiger partial charge in [-0.2, -0.15) is 0 Å². The highest BCUT2D eigenvalue weighted by Gasteiger charge is 2.27. The molecular weight excluding hydrogens is 345 g/mol. The Morgan fingerprint density at radius 3 is 2.76 bits per heavy atom. The number of rotatable bonds is 1. The van der Waals surface area contributed by atoms with E-state index in [4.69, 9.17) is 16.0 Å². The largest absolute Gasteiger partial charge is 0.457 e. The molecule has 1 amide bonds. The molecule has 6 heteroatoms. The predicted molar refractivity (Wildman–Crippen MR) is 92.3 cm³/mol. The van der Waals surface area contributed by atoms with Gasteiger partial charge in [0.05, 0.1) is 22.5 Å². The van der Waals surface area contributed by atoms with Gasteiger partial charge in [-0.15, -0.1) is 0 Å². The maximum atomic E-state index is 13.9. The van der Waals surface area contributed by atoms with Gasteiger partial charge in [0, 0.05) is 12.1 Å². The molecule has 1 aliphatic heterocycles. The molecule has 2 heterocycles. The molecule has 1 aromatic heterocycles. The molecule has 4 nitrogen and oxygen atoms in total. The van der Waals surface area contributed by atoms with Gasteiger partial charge in [0.15, 0.2) is 11.0 Å². The monoisotopic (exact) mass is 357 g/mol. The van der Waals surface area contributed by atoms with Gasteiger partial charge in [0.2, 0.25) is 0 Å². The van der Waals surface area contributed by atoms with Crippen LogP contribution in [-0.2, 0) is 13.0 Å². The highest BCUT2D eigenvalue weighted by molar-refractivity contribution is 6.34. The van der Waals surface area contributed by atoms with E-state index in [2.05, 4.69) is 0 Å². The summed E-state index contributed by atoms with van der Waals surface area (Å²) < 4.78 is 19.7. The minimum absolute atomic E-state index is 0.00659. The first-order chi connectivity index (χ1) is 12.1. The molecule has 0 fully saturated rings. The lowest BCUT2D eigenvalue weighted by molar-refractivity contribution is 0.0714. The first-order valence-corrected chi connectivity index (χ1v) is 8.21. The molecule has 1 aliphatic rings. The average Bonchev–Trinajstić information content (AvgIpc) is 2.62. The smallest absolute Gasteiger partial charge is 0.257 e. The Morgan fingerprint density at radius 2 is 1.96 bits per heavy atom. The second kappa shape index (κ2) is 6.01. The van der Waals surface area contributed by atoms with E-state index < -0.39 is 11.7 Å². The van der Waals surface area contributed by atoms with Gasteiger partial charge in [-0.3, -0.25) is 9.59 Å². The van der Waals surface area contributed by atoms with Crippen molar-refractivity contribution in [1.82, 2.24) is 4.90 Å². The van der Waals surface area contributed by atoms with E-state index in [0.717, 1.165) is 0 Å². The van der Waals surface area contributed by atoms with Crippen LogP contribution in [-0.4, -0.2) is 17.4 Å². The molecule has 25 heavy (non-hydrogen) atoms. The van der Waals surface area contributed by atoms with Crippen molar-refractivity contribution < 1.29 is 13.6 Å². The molecule has 0 bridgehead atoms. The molecule has 0 N–H and O–H groups in total. The third-order valence-corrected chi connectivity index (χ3v) is 4.70. The van der Waals surface area contributed by atoms with E-state index in [1.54, 1.807) is 24.3 Å². The summed E-state index contributed by atoms with van der Waals surface area (Å²) in [4.78, 5) is 26.7. The number of para-hydroxylation sites is 1. The zero-order valence-corrected chi connectivity index (χ0v) is 13.8. The molecule has 2 aromatic carbocycles. The normalized spacial score (nSPS) is 13.8. The highest BCUT2D eigenvalue weighted by Crippen LogP contribution is 2.27. The van der Waals surface area contributed by atoms with Gasteiger partial charge < -0.3 is 9.32 Å².